The molecule has 1 atom stereocenters. The van der Waals surface area contributed by atoms with Crippen LogP contribution in [0.1, 0.15) is 47.8 Å². The van der Waals surface area contributed by atoms with Crippen molar-refractivity contribution in [3.63, 3.8) is 0 Å². The number of carbonyl (C=O) groups excluding carboxylic acids is 1. The fourth-order valence-corrected chi connectivity index (χ4v) is 2.76. The minimum atomic E-state index is -0.0225. The average molecular weight is 294 g/mol. The van der Waals surface area contributed by atoms with Gasteiger partial charge in [-0.15, -0.1) is 0 Å². The summed E-state index contributed by atoms with van der Waals surface area (Å²) in [7, 11) is 1.66. The Bertz CT molecular complexity index is 484. The van der Waals surface area contributed by atoms with Gasteiger partial charge >= 0.3 is 0 Å². The number of piperidine rings is 1. The third kappa shape index (κ3) is 3.44. The Hall–Kier alpha value is -1.40. The van der Waals surface area contributed by atoms with Gasteiger partial charge in [0.25, 0.3) is 5.91 Å². The first-order valence-electron chi connectivity index (χ1n) is 7.62. The fraction of sp³-hybridized carbons (Fsp3) is 0.733. The molecular formula is C15H22N2O4. The Kier molecular flexibility index (Phi) is 4.55. The number of methoxy groups -OCH3 is 1. The van der Waals surface area contributed by atoms with E-state index in [2.05, 4.69) is 4.98 Å². The van der Waals surface area contributed by atoms with Gasteiger partial charge in [0.05, 0.1) is 19.3 Å². The summed E-state index contributed by atoms with van der Waals surface area (Å²) in [6.07, 6.45) is 5.62. The van der Waals surface area contributed by atoms with E-state index in [9.17, 15) is 4.79 Å². The Morgan fingerprint density at radius 1 is 1.43 bits per heavy atom. The van der Waals surface area contributed by atoms with Crippen molar-refractivity contribution >= 4 is 5.91 Å². The summed E-state index contributed by atoms with van der Waals surface area (Å²) in [6.45, 7) is 2.54. The molecular weight excluding hydrogens is 272 g/mol. The summed E-state index contributed by atoms with van der Waals surface area (Å²) in [5.74, 6) is 1.14. The van der Waals surface area contributed by atoms with Gasteiger partial charge in [-0.25, -0.2) is 4.98 Å². The molecule has 0 bridgehead atoms. The van der Waals surface area contributed by atoms with Crippen molar-refractivity contribution in [1.29, 1.82) is 0 Å². The van der Waals surface area contributed by atoms with E-state index in [1.165, 1.54) is 6.39 Å². The predicted molar refractivity (Wildman–Crippen MR) is 75.2 cm³/mol. The maximum Gasteiger partial charge on any atom is 0.276 e. The van der Waals surface area contributed by atoms with Crippen LogP contribution in [0, 0.1) is 0 Å². The fourth-order valence-electron chi connectivity index (χ4n) is 2.76. The standard InChI is InChI=1S/C15H22N2O4/c1-19-7-8-20-12-3-2-6-17(9-12)15(18)13-14(11-4-5-11)21-10-16-13/h10-12H,2-9H2,1H3/t12-/m0/s1. The van der Waals surface area contributed by atoms with Crippen LogP contribution >= 0.6 is 0 Å². The highest BCUT2D eigenvalue weighted by Crippen LogP contribution is 2.41. The van der Waals surface area contributed by atoms with Crippen LogP contribution in [0.15, 0.2) is 10.8 Å². The van der Waals surface area contributed by atoms with E-state index in [1.54, 1.807) is 7.11 Å². The molecule has 21 heavy (non-hydrogen) atoms. The van der Waals surface area contributed by atoms with Crippen molar-refractivity contribution in [2.75, 3.05) is 33.4 Å². The number of ether oxygens (including phenoxy) is 2. The first-order valence-corrected chi connectivity index (χ1v) is 7.62. The molecule has 2 fully saturated rings. The van der Waals surface area contributed by atoms with Crippen LogP contribution in [0.3, 0.4) is 0 Å². The van der Waals surface area contributed by atoms with Gasteiger partial charge in [0.1, 0.15) is 5.76 Å². The third-order valence-electron chi connectivity index (χ3n) is 4.05. The molecule has 1 saturated heterocycles. The molecule has 2 heterocycles. The first kappa shape index (κ1) is 14.5. The Morgan fingerprint density at radius 3 is 3.05 bits per heavy atom. The molecule has 3 rings (SSSR count). The Balaban J connectivity index is 1.60. The summed E-state index contributed by atoms with van der Waals surface area (Å²) < 4.78 is 16.1. The number of carbonyl (C=O) groups is 1. The number of hydrogen-bond donors (Lipinski definition) is 0. The van der Waals surface area contributed by atoms with Gasteiger partial charge in [0.2, 0.25) is 0 Å². The van der Waals surface area contributed by atoms with Crippen LogP contribution in [0.2, 0.25) is 0 Å². The van der Waals surface area contributed by atoms with Gasteiger partial charge in [-0.3, -0.25) is 4.79 Å². The van der Waals surface area contributed by atoms with Crippen molar-refractivity contribution < 1.29 is 18.7 Å². The largest absolute Gasteiger partial charge is 0.447 e. The van der Waals surface area contributed by atoms with Crippen LogP contribution in [0.25, 0.3) is 0 Å². The van der Waals surface area contributed by atoms with Crippen LogP contribution < -0.4 is 0 Å². The number of likely N-dealkylation sites (tertiary alicyclic amines) is 1. The maximum atomic E-state index is 12.6. The lowest BCUT2D eigenvalue weighted by molar-refractivity contribution is -0.0173. The second-order valence-electron chi connectivity index (χ2n) is 5.72. The summed E-state index contributed by atoms with van der Waals surface area (Å²) in [4.78, 5) is 18.6. The number of amides is 1. The number of oxazole rings is 1. The summed E-state index contributed by atoms with van der Waals surface area (Å²) >= 11 is 0. The van der Waals surface area contributed by atoms with Crippen molar-refractivity contribution in [3.8, 4) is 0 Å². The first-order chi connectivity index (χ1) is 10.3. The quantitative estimate of drug-likeness (QED) is 0.749. The highest BCUT2D eigenvalue weighted by atomic mass is 16.5. The molecule has 0 aromatic carbocycles. The molecule has 6 heteroatoms. The lowest BCUT2D eigenvalue weighted by Crippen LogP contribution is -2.43. The second-order valence-corrected chi connectivity index (χ2v) is 5.72. The molecule has 6 nitrogen and oxygen atoms in total. The van der Waals surface area contributed by atoms with Crippen molar-refractivity contribution in [1.82, 2.24) is 9.88 Å². The Morgan fingerprint density at radius 2 is 2.29 bits per heavy atom. The van der Waals surface area contributed by atoms with E-state index in [0.717, 1.165) is 38.0 Å². The number of rotatable bonds is 6. The summed E-state index contributed by atoms with van der Waals surface area (Å²) in [5.41, 5.74) is 0.495. The molecule has 2 aliphatic rings. The van der Waals surface area contributed by atoms with Crippen molar-refractivity contribution in [2.45, 2.75) is 37.7 Å². The molecule has 1 aromatic heterocycles. The van der Waals surface area contributed by atoms with E-state index in [4.69, 9.17) is 13.9 Å². The third-order valence-corrected chi connectivity index (χ3v) is 4.05. The van der Waals surface area contributed by atoms with E-state index >= 15 is 0 Å². The van der Waals surface area contributed by atoms with Gasteiger partial charge in [-0.05, 0) is 25.7 Å². The lowest BCUT2D eigenvalue weighted by atomic mass is 10.1. The van der Waals surface area contributed by atoms with E-state index in [-0.39, 0.29) is 12.0 Å². The molecule has 0 radical (unpaired) electrons. The molecule has 1 amide bonds. The molecule has 1 aliphatic heterocycles. The highest BCUT2D eigenvalue weighted by molar-refractivity contribution is 5.93. The normalized spacial score (nSPS) is 22.5. The zero-order chi connectivity index (χ0) is 14.7. The van der Waals surface area contributed by atoms with Gasteiger partial charge < -0.3 is 18.8 Å². The molecule has 0 spiro atoms. The number of nitrogens with zero attached hydrogens (tertiary/aromatic N) is 2. The molecule has 1 aliphatic carbocycles. The second kappa shape index (κ2) is 6.58. The molecule has 1 saturated carbocycles. The van der Waals surface area contributed by atoms with E-state index in [1.807, 2.05) is 4.90 Å². The smallest absolute Gasteiger partial charge is 0.276 e. The van der Waals surface area contributed by atoms with E-state index in [0.29, 0.717) is 31.4 Å². The van der Waals surface area contributed by atoms with E-state index < -0.39 is 0 Å². The van der Waals surface area contributed by atoms with Crippen LogP contribution in [0.5, 0.6) is 0 Å². The lowest BCUT2D eigenvalue weighted by Gasteiger charge is -2.32. The topological polar surface area (TPSA) is 64.8 Å². The summed E-state index contributed by atoms with van der Waals surface area (Å²) in [6, 6.07) is 0. The molecule has 116 valence electrons. The van der Waals surface area contributed by atoms with Gasteiger partial charge in [-0.1, -0.05) is 0 Å². The number of aromatic nitrogens is 1. The zero-order valence-electron chi connectivity index (χ0n) is 12.4. The van der Waals surface area contributed by atoms with Gasteiger partial charge in [0, 0.05) is 26.1 Å². The molecule has 0 unspecified atom stereocenters. The predicted octanol–water partition coefficient (Wildman–Crippen LogP) is 1.82. The molecule has 1 aromatic rings. The van der Waals surface area contributed by atoms with Crippen molar-refractivity contribution in [3.05, 3.63) is 17.8 Å². The van der Waals surface area contributed by atoms with Crippen LogP contribution in [-0.4, -0.2) is 55.3 Å². The maximum absolute atomic E-state index is 12.6. The SMILES string of the molecule is COCCO[C@H]1CCCN(C(=O)c2ncoc2C2CC2)C1. The van der Waals surface area contributed by atoms with Crippen LogP contribution in [-0.2, 0) is 9.47 Å². The average Bonchev–Trinajstić information content (AvgIpc) is 3.24. The Labute approximate surface area is 124 Å². The van der Waals surface area contributed by atoms with Gasteiger partial charge in [0.15, 0.2) is 12.1 Å². The van der Waals surface area contributed by atoms with Gasteiger partial charge in [-0.2, -0.15) is 0 Å². The minimum Gasteiger partial charge on any atom is -0.447 e. The minimum absolute atomic E-state index is 0.0225. The number of hydrogen-bond acceptors (Lipinski definition) is 5. The monoisotopic (exact) mass is 294 g/mol. The van der Waals surface area contributed by atoms with Crippen LogP contribution in [0.4, 0.5) is 0 Å². The molecule has 0 N–H and O–H groups in total. The summed E-state index contributed by atoms with van der Waals surface area (Å²) in [5, 5.41) is 0. The van der Waals surface area contributed by atoms with Crippen molar-refractivity contribution in [2.24, 2.45) is 0 Å². The zero-order valence-corrected chi connectivity index (χ0v) is 12.4. The highest BCUT2D eigenvalue weighted by Gasteiger charge is 2.35.